The molecule has 0 aliphatic carbocycles. The van der Waals surface area contributed by atoms with Crippen LogP contribution in [0.5, 0.6) is 0 Å². The van der Waals surface area contributed by atoms with E-state index in [4.69, 9.17) is 16.9 Å². The van der Waals surface area contributed by atoms with Crippen LogP contribution in [-0.2, 0) is 4.74 Å². The Morgan fingerprint density at radius 3 is 2.69 bits per heavy atom. The molecule has 7 heteroatoms. The average Bonchev–Trinajstić information content (AvgIpc) is 2.26. The molecule has 0 heterocycles. The highest BCUT2D eigenvalue weighted by molar-refractivity contribution is 6.34. The monoisotopic (exact) mass is 240 g/mol. The number of nitriles is 1. The predicted molar refractivity (Wildman–Crippen MR) is 54.2 cm³/mol. The van der Waals surface area contributed by atoms with Gasteiger partial charge in [0.05, 0.1) is 28.2 Å². The van der Waals surface area contributed by atoms with Crippen molar-refractivity contribution in [1.82, 2.24) is 0 Å². The fourth-order valence-corrected chi connectivity index (χ4v) is 1.39. The largest absolute Gasteiger partial charge is 0.465 e. The van der Waals surface area contributed by atoms with E-state index >= 15 is 0 Å². The van der Waals surface area contributed by atoms with Crippen molar-refractivity contribution in [3.63, 3.8) is 0 Å². The second-order valence-electron chi connectivity index (χ2n) is 2.71. The van der Waals surface area contributed by atoms with Crippen LogP contribution >= 0.6 is 11.6 Å². The van der Waals surface area contributed by atoms with E-state index in [1.165, 1.54) is 0 Å². The third-order valence-electron chi connectivity index (χ3n) is 1.80. The zero-order chi connectivity index (χ0) is 12.3. The Labute approximate surface area is 95.2 Å². The first kappa shape index (κ1) is 11.9. The number of nitro benzene ring substituents is 1. The SMILES string of the molecule is COC(=O)c1c(Cl)cc([N+](=O)[O-])cc1C#N. The lowest BCUT2D eigenvalue weighted by atomic mass is 10.1. The molecule has 82 valence electrons. The van der Waals surface area contributed by atoms with Crippen LogP contribution < -0.4 is 0 Å². The Morgan fingerprint density at radius 1 is 1.62 bits per heavy atom. The van der Waals surface area contributed by atoms with Gasteiger partial charge in [-0.1, -0.05) is 11.6 Å². The van der Waals surface area contributed by atoms with E-state index in [1.54, 1.807) is 6.07 Å². The van der Waals surface area contributed by atoms with Crippen LogP contribution in [0.3, 0.4) is 0 Å². The maximum Gasteiger partial charge on any atom is 0.340 e. The molecular formula is C9H5ClN2O4. The number of nitrogens with zero attached hydrogens (tertiary/aromatic N) is 2. The predicted octanol–water partition coefficient (Wildman–Crippen LogP) is 1.91. The van der Waals surface area contributed by atoms with Crippen molar-refractivity contribution >= 4 is 23.3 Å². The summed E-state index contributed by atoms with van der Waals surface area (Å²) in [6.45, 7) is 0. The van der Waals surface area contributed by atoms with Crippen molar-refractivity contribution in [3.05, 3.63) is 38.4 Å². The highest BCUT2D eigenvalue weighted by Crippen LogP contribution is 2.26. The molecule has 0 radical (unpaired) electrons. The van der Waals surface area contributed by atoms with Crippen molar-refractivity contribution in [1.29, 1.82) is 5.26 Å². The number of ether oxygens (including phenoxy) is 1. The lowest BCUT2D eigenvalue weighted by Gasteiger charge is -2.03. The highest BCUT2D eigenvalue weighted by Gasteiger charge is 2.21. The van der Waals surface area contributed by atoms with Gasteiger partial charge in [0.15, 0.2) is 0 Å². The Kier molecular flexibility index (Phi) is 3.43. The summed E-state index contributed by atoms with van der Waals surface area (Å²) >= 11 is 5.67. The van der Waals surface area contributed by atoms with E-state index in [1.807, 2.05) is 0 Å². The number of benzene rings is 1. The number of esters is 1. The maximum atomic E-state index is 11.3. The second-order valence-corrected chi connectivity index (χ2v) is 3.12. The number of rotatable bonds is 2. The number of hydrogen-bond acceptors (Lipinski definition) is 5. The van der Waals surface area contributed by atoms with Gasteiger partial charge >= 0.3 is 5.97 Å². The van der Waals surface area contributed by atoms with Gasteiger partial charge in [0.1, 0.15) is 6.07 Å². The molecule has 0 amide bonds. The van der Waals surface area contributed by atoms with E-state index in [9.17, 15) is 14.9 Å². The molecule has 0 N–H and O–H groups in total. The molecule has 0 saturated heterocycles. The van der Waals surface area contributed by atoms with Gasteiger partial charge in [0.2, 0.25) is 0 Å². The number of carbonyl (C=O) groups is 1. The third kappa shape index (κ3) is 2.10. The van der Waals surface area contributed by atoms with Crippen molar-refractivity contribution in [2.45, 2.75) is 0 Å². The first-order valence-corrected chi connectivity index (χ1v) is 4.35. The van der Waals surface area contributed by atoms with Gasteiger partial charge in [-0.05, 0) is 0 Å². The molecule has 0 aromatic heterocycles. The van der Waals surface area contributed by atoms with E-state index in [0.717, 1.165) is 19.2 Å². The number of non-ortho nitro benzene ring substituents is 1. The molecule has 0 aliphatic heterocycles. The normalized spacial score (nSPS) is 9.31. The zero-order valence-electron chi connectivity index (χ0n) is 8.06. The molecule has 0 spiro atoms. The topological polar surface area (TPSA) is 93.2 Å². The Balaban J connectivity index is 3.48. The molecule has 0 unspecified atom stereocenters. The maximum absolute atomic E-state index is 11.3. The van der Waals surface area contributed by atoms with Crippen LogP contribution in [-0.4, -0.2) is 18.0 Å². The summed E-state index contributed by atoms with van der Waals surface area (Å²) in [6.07, 6.45) is 0. The Hall–Kier alpha value is -2.13. The summed E-state index contributed by atoms with van der Waals surface area (Å²) in [5.41, 5.74) is -0.711. The van der Waals surface area contributed by atoms with Crippen LogP contribution in [0, 0.1) is 21.4 Å². The lowest BCUT2D eigenvalue weighted by Crippen LogP contribution is -2.06. The minimum Gasteiger partial charge on any atom is -0.465 e. The molecule has 6 nitrogen and oxygen atoms in total. The van der Waals surface area contributed by atoms with Gasteiger partial charge in [-0.3, -0.25) is 10.1 Å². The van der Waals surface area contributed by atoms with Crippen LogP contribution in [0.1, 0.15) is 15.9 Å². The molecule has 1 aromatic rings. The average molecular weight is 241 g/mol. The van der Waals surface area contributed by atoms with Gasteiger partial charge < -0.3 is 4.74 Å². The van der Waals surface area contributed by atoms with Crippen LogP contribution in [0.4, 0.5) is 5.69 Å². The Morgan fingerprint density at radius 2 is 2.25 bits per heavy atom. The van der Waals surface area contributed by atoms with Crippen molar-refractivity contribution in [2.24, 2.45) is 0 Å². The van der Waals surface area contributed by atoms with Gasteiger partial charge in [-0.2, -0.15) is 5.26 Å². The van der Waals surface area contributed by atoms with E-state index in [-0.39, 0.29) is 21.8 Å². The second kappa shape index (κ2) is 4.59. The molecule has 0 atom stereocenters. The zero-order valence-corrected chi connectivity index (χ0v) is 8.82. The van der Waals surface area contributed by atoms with E-state index < -0.39 is 10.9 Å². The third-order valence-corrected chi connectivity index (χ3v) is 2.09. The molecule has 1 rings (SSSR count). The first-order chi connectivity index (χ1) is 7.51. The fraction of sp³-hybridized carbons (Fsp3) is 0.111. The van der Waals surface area contributed by atoms with E-state index in [2.05, 4.69) is 4.74 Å². The highest BCUT2D eigenvalue weighted by atomic mass is 35.5. The smallest absolute Gasteiger partial charge is 0.340 e. The fourth-order valence-electron chi connectivity index (χ4n) is 1.10. The number of carbonyl (C=O) groups excluding carboxylic acids is 1. The summed E-state index contributed by atoms with van der Waals surface area (Å²) in [4.78, 5) is 21.1. The molecule has 0 fully saturated rings. The van der Waals surface area contributed by atoms with Crippen LogP contribution in [0.2, 0.25) is 5.02 Å². The summed E-state index contributed by atoms with van der Waals surface area (Å²) in [5.74, 6) is -0.809. The molecule has 0 saturated carbocycles. The minimum atomic E-state index is -0.809. The van der Waals surface area contributed by atoms with Crippen molar-refractivity contribution < 1.29 is 14.5 Å². The summed E-state index contributed by atoms with van der Waals surface area (Å²) in [6, 6.07) is 3.62. The lowest BCUT2D eigenvalue weighted by molar-refractivity contribution is -0.384. The number of nitro groups is 1. The molecule has 1 aromatic carbocycles. The van der Waals surface area contributed by atoms with Crippen molar-refractivity contribution in [3.8, 4) is 6.07 Å². The number of hydrogen-bond donors (Lipinski definition) is 0. The molecular weight excluding hydrogens is 236 g/mol. The van der Waals surface area contributed by atoms with Crippen molar-refractivity contribution in [2.75, 3.05) is 7.11 Å². The van der Waals surface area contributed by atoms with Gasteiger partial charge in [-0.25, -0.2) is 4.79 Å². The minimum absolute atomic E-state index is 0.169. The molecule has 0 bridgehead atoms. The van der Waals surface area contributed by atoms with Crippen LogP contribution in [0.25, 0.3) is 0 Å². The summed E-state index contributed by atoms with van der Waals surface area (Å²) in [7, 11) is 1.13. The quantitative estimate of drug-likeness (QED) is 0.447. The van der Waals surface area contributed by atoms with Gasteiger partial charge in [-0.15, -0.1) is 0 Å². The summed E-state index contributed by atoms with van der Waals surface area (Å²) in [5, 5.41) is 19.1. The number of methoxy groups -OCH3 is 1. The summed E-state index contributed by atoms with van der Waals surface area (Å²) < 4.78 is 4.42. The standard InChI is InChI=1S/C9H5ClN2O4/c1-16-9(13)8-5(4-11)2-6(12(14)15)3-7(8)10/h2-3H,1H3. The molecule has 16 heavy (non-hydrogen) atoms. The number of halogens is 1. The van der Waals surface area contributed by atoms with Gasteiger partial charge in [0.25, 0.3) is 5.69 Å². The molecule has 0 aliphatic rings. The van der Waals surface area contributed by atoms with E-state index in [0.29, 0.717) is 0 Å². The Bertz CT molecular complexity index is 507. The van der Waals surface area contributed by atoms with Crippen LogP contribution in [0.15, 0.2) is 12.1 Å². The first-order valence-electron chi connectivity index (χ1n) is 3.97. The van der Waals surface area contributed by atoms with Gasteiger partial charge in [0, 0.05) is 12.1 Å².